The van der Waals surface area contributed by atoms with Crippen molar-refractivity contribution in [2.75, 3.05) is 0 Å². The monoisotopic (exact) mass is 320 g/mol. The van der Waals surface area contributed by atoms with E-state index in [2.05, 4.69) is 27.7 Å². The third kappa shape index (κ3) is 11.4. The van der Waals surface area contributed by atoms with E-state index in [-0.39, 0.29) is 6.10 Å². The Balaban J connectivity index is 4.23. The van der Waals surface area contributed by atoms with Gasteiger partial charge in [-0.15, -0.1) is 0 Å². The van der Waals surface area contributed by atoms with Crippen molar-refractivity contribution in [1.29, 1.82) is 0 Å². The molecule has 0 saturated heterocycles. The molecule has 0 spiro atoms. The number of hydrogen-bond acceptors (Lipinski definition) is 2. The first-order chi connectivity index (χ1) is 10.0. The molecule has 0 bridgehead atoms. The summed E-state index contributed by atoms with van der Waals surface area (Å²) < 4.78 is 16.5. The van der Waals surface area contributed by atoms with Gasteiger partial charge in [-0.2, -0.15) is 0 Å². The summed E-state index contributed by atoms with van der Waals surface area (Å²) >= 11 is 0. The van der Waals surface area contributed by atoms with Crippen LogP contribution in [0.1, 0.15) is 91.9 Å². The highest BCUT2D eigenvalue weighted by molar-refractivity contribution is 7.32. The van der Waals surface area contributed by atoms with Crippen LogP contribution >= 0.6 is 8.25 Å². The first-order valence-corrected chi connectivity index (χ1v) is 10.2. The van der Waals surface area contributed by atoms with Crippen molar-refractivity contribution in [1.82, 2.24) is 0 Å². The fraction of sp³-hybridized carbons (Fsp3) is 1.00. The molecular formula is C17H37O3P. The first kappa shape index (κ1) is 21.1. The lowest BCUT2D eigenvalue weighted by atomic mass is 9.86. The Morgan fingerprint density at radius 3 is 1.62 bits per heavy atom. The summed E-state index contributed by atoms with van der Waals surface area (Å²) in [5, 5.41) is 0. The van der Waals surface area contributed by atoms with Gasteiger partial charge in [-0.1, -0.05) is 79.1 Å². The minimum atomic E-state index is -2.84. The SMILES string of the molecule is CCCCCCC(C)C(O[PH](=O)O)C(C)CCCCCC. The molecule has 0 aliphatic carbocycles. The maximum Gasteiger partial charge on any atom is 0.316 e. The lowest BCUT2D eigenvalue weighted by molar-refractivity contribution is 0.0746. The fourth-order valence-corrected chi connectivity index (χ4v) is 3.72. The van der Waals surface area contributed by atoms with Gasteiger partial charge in [0.1, 0.15) is 0 Å². The largest absolute Gasteiger partial charge is 0.326 e. The van der Waals surface area contributed by atoms with Crippen molar-refractivity contribution < 1.29 is 14.0 Å². The van der Waals surface area contributed by atoms with Gasteiger partial charge in [0, 0.05) is 0 Å². The highest BCUT2D eigenvalue weighted by Crippen LogP contribution is 2.32. The summed E-state index contributed by atoms with van der Waals surface area (Å²) in [5.41, 5.74) is 0. The molecule has 0 aromatic heterocycles. The van der Waals surface area contributed by atoms with Crippen LogP contribution in [0, 0.1) is 11.8 Å². The molecule has 4 heteroatoms. The average Bonchev–Trinajstić information content (AvgIpc) is 2.45. The van der Waals surface area contributed by atoms with Crippen LogP contribution < -0.4 is 0 Å². The fourth-order valence-electron chi connectivity index (χ4n) is 3.02. The zero-order chi connectivity index (χ0) is 16.1. The minimum absolute atomic E-state index is 0.0651. The highest BCUT2D eigenvalue weighted by Gasteiger charge is 2.25. The number of rotatable bonds is 14. The normalized spacial score (nSPS) is 17.4. The molecule has 3 unspecified atom stereocenters. The standard InChI is InChI=1S/C17H37O3P/c1-5-7-9-11-13-15(3)17(20-21(18)19)16(4)14-12-10-8-6-2/h15-17,21H,5-14H2,1-4H3,(H,18,19). The molecule has 0 aliphatic heterocycles. The zero-order valence-electron chi connectivity index (χ0n) is 14.6. The third-order valence-corrected chi connectivity index (χ3v) is 4.86. The van der Waals surface area contributed by atoms with Gasteiger partial charge in [0.2, 0.25) is 0 Å². The summed E-state index contributed by atoms with van der Waals surface area (Å²) in [5.74, 6) is 0.730. The Morgan fingerprint density at radius 1 is 0.857 bits per heavy atom. The van der Waals surface area contributed by atoms with Crippen molar-refractivity contribution in [3.8, 4) is 0 Å². The Hall–Kier alpha value is 0.150. The smallest absolute Gasteiger partial charge is 0.316 e. The Bertz CT molecular complexity index is 240. The maximum absolute atomic E-state index is 11.1. The van der Waals surface area contributed by atoms with Crippen LogP contribution in [-0.4, -0.2) is 11.0 Å². The summed E-state index contributed by atoms with van der Waals surface area (Å²) in [4.78, 5) is 9.16. The van der Waals surface area contributed by atoms with E-state index in [0.29, 0.717) is 11.8 Å². The van der Waals surface area contributed by atoms with Crippen molar-refractivity contribution in [2.24, 2.45) is 11.8 Å². The highest BCUT2D eigenvalue weighted by atomic mass is 31.1. The van der Waals surface area contributed by atoms with E-state index in [1.807, 2.05) is 0 Å². The van der Waals surface area contributed by atoms with Gasteiger partial charge in [0.15, 0.2) is 0 Å². The molecule has 3 nitrogen and oxygen atoms in total. The molecular weight excluding hydrogens is 283 g/mol. The molecule has 1 N–H and O–H groups in total. The summed E-state index contributed by atoms with van der Waals surface area (Å²) in [6.07, 6.45) is 12.1. The molecule has 0 aromatic rings. The van der Waals surface area contributed by atoms with Crippen LogP contribution in [0.25, 0.3) is 0 Å². The van der Waals surface area contributed by atoms with E-state index in [4.69, 9.17) is 9.42 Å². The van der Waals surface area contributed by atoms with Gasteiger partial charge in [-0.05, 0) is 24.7 Å². The molecule has 0 aliphatic rings. The molecule has 0 fully saturated rings. The molecule has 0 aromatic carbocycles. The molecule has 0 radical (unpaired) electrons. The van der Waals surface area contributed by atoms with E-state index in [9.17, 15) is 4.57 Å². The quantitative estimate of drug-likeness (QED) is 0.317. The van der Waals surface area contributed by atoms with Crippen LogP contribution in [0.4, 0.5) is 0 Å². The van der Waals surface area contributed by atoms with Gasteiger partial charge in [-0.3, -0.25) is 4.57 Å². The van der Waals surface area contributed by atoms with Gasteiger partial charge in [-0.25, -0.2) is 0 Å². The molecule has 0 rings (SSSR count). The van der Waals surface area contributed by atoms with E-state index in [0.717, 1.165) is 12.8 Å². The molecule has 128 valence electrons. The van der Waals surface area contributed by atoms with Gasteiger partial charge in [0.05, 0.1) is 6.10 Å². The van der Waals surface area contributed by atoms with Crippen molar-refractivity contribution >= 4 is 8.25 Å². The molecule has 0 heterocycles. The molecule has 0 amide bonds. The molecule has 0 saturated carbocycles. The minimum Gasteiger partial charge on any atom is -0.326 e. The maximum atomic E-state index is 11.1. The lowest BCUT2D eigenvalue weighted by Crippen LogP contribution is -2.27. The van der Waals surface area contributed by atoms with Crippen LogP contribution in [-0.2, 0) is 9.09 Å². The van der Waals surface area contributed by atoms with Gasteiger partial charge in [0.25, 0.3) is 0 Å². The average molecular weight is 320 g/mol. The predicted molar refractivity (Wildman–Crippen MR) is 91.9 cm³/mol. The van der Waals surface area contributed by atoms with Gasteiger partial charge < -0.3 is 9.42 Å². The van der Waals surface area contributed by atoms with Gasteiger partial charge >= 0.3 is 8.25 Å². The Labute approximate surface area is 132 Å². The van der Waals surface area contributed by atoms with E-state index in [1.54, 1.807) is 0 Å². The van der Waals surface area contributed by atoms with E-state index < -0.39 is 8.25 Å². The molecule has 3 atom stereocenters. The van der Waals surface area contributed by atoms with Crippen LogP contribution in [0.15, 0.2) is 0 Å². The zero-order valence-corrected chi connectivity index (χ0v) is 15.6. The Morgan fingerprint density at radius 2 is 1.29 bits per heavy atom. The summed E-state index contributed by atoms with van der Waals surface area (Å²) in [6.45, 7) is 8.77. The second kappa shape index (κ2) is 13.8. The van der Waals surface area contributed by atoms with Crippen molar-refractivity contribution in [3.05, 3.63) is 0 Å². The second-order valence-corrected chi connectivity index (χ2v) is 7.27. The lowest BCUT2D eigenvalue weighted by Gasteiger charge is -2.28. The van der Waals surface area contributed by atoms with Crippen LogP contribution in [0.5, 0.6) is 0 Å². The van der Waals surface area contributed by atoms with Crippen molar-refractivity contribution in [3.63, 3.8) is 0 Å². The number of hydrogen-bond donors (Lipinski definition) is 1. The van der Waals surface area contributed by atoms with Crippen LogP contribution in [0.3, 0.4) is 0 Å². The van der Waals surface area contributed by atoms with E-state index >= 15 is 0 Å². The molecule has 21 heavy (non-hydrogen) atoms. The second-order valence-electron chi connectivity index (χ2n) is 6.50. The van der Waals surface area contributed by atoms with Crippen LogP contribution in [0.2, 0.25) is 0 Å². The summed E-state index contributed by atoms with van der Waals surface area (Å²) in [6, 6.07) is 0. The van der Waals surface area contributed by atoms with Crippen molar-refractivity contribution in [2.45, 2.75) is 98.0 Å². The topological polar surface area (TPSA) is 46.5 Å². The number of unbranched alkanes of at least 4 members (excludes halogenated alkanes) is 6. The Kier molecular flexibility index (Phi) is 13.9. The first-order valence-electron chi connectivity index (χ1n) is 8.92. The van der Waals surface area contributed by atoms with E-state index in [1.165, 1.54) is 51.4 Å². The summed E-state index contributed by atoms with van der Waals surface area (Å²) in [7, 11) is -2.84. The predicted octanol–water partition coefficient (Wildman–Crippen LogP) is 5.97. The third-order valence-electron chi connectivity index (χ3n) is 4.38.